The topological polar surface area (TPSA) is 39.6 Å². The van der Waals surface area contributed by atoms with E-state index in [0.29, 0.717) is 6.04 Å². The summed E-state index contributed by atoms with van der Waals surface area (Å²) in [5.41, 5.74) is 2.08. The first-order valence-corrected chi connectivity index (χ1v) is 7.73. The summed E-state index contributed by atoms with van der Waals surface area (Å²) in [6, 6.07) is 4.66. The fraction of sp³-hybridized carbons (Fsp3) is 0.688. The first kappa shape index (κ1) is 15.3. The SMILES string of the molecule is CCCc1cc(CO)cc(N2CCN(C)C(CC)C2)n1. The third kappa shape index (κ3) is 3.49. The van der Waals surface area contributed by atoms with Crippen LogP contribution in [0.3, 0.4) is 0 Å². The van der Waals surface area contributed by atoms with Gasteiger partial charge in [-0.05, 0) is 37.6 Å². The van der Waals surface area contributed by atoms with Gasteiger partial charge in [0.2, 0.25) is 0 Å². The van der Waals surface area contributed by atoms with Crippen LogP contribution in [-0.2, 0) is 13.0 Å². The van der Waals surface area contributed by atoms with Crippen LogP contribution in [0.15, 0.2) is 12.1 Å². The van der Waals surface area contributed by atoms with Crippen molar-refractivity contribution in [2.75, 3.05) is 31.6 Å². The molecule has 1 saturated heterocycles. The van der Waals surface area contributed by atoms with E-state index < -0.39 is 0 Å². The van der Waals surface area contributed by atoms with Gasteiger partial charge in [0.15, 0.2) is 0 Å². The number of aliphatic hydroxyl groups is 1. The van der Waals surface area contributed by atoms with Gasteiger partial charge >= 0.3 is 0 Å². The molecule has 1 unspecified atom stereocenters. The van der Waals surface area contributed by atoms with E-state index in [0.717, 1.165) is 56.0 Å². The Morgan fingerprint density at radius 1 is 1.30 bits per heavy atom. The number of hydrogen-bond donors (Lipinski definition) is 1. The molecule has 0 aromatic carbocycles. The zero-order chi connectivity index (χ0) is 14.5. The second-order valence-corrected chi connectivity index (χ2v) is 5.72. The minimum atomic E-state index is 0.0944. The maximum atomic E-state index is 9.44. The van der Waals surface area contributed by atoms with E-state index in [4.69, 9.17) is 4.98 Å². The number of pyridine rings is 1. The number of piperazine rings is 1. The van der Waals surface area contributed by atoms with Crippen LogP contribution in [0.2, 0.25) is 0 Å². The highest BCUT2D eigenvalue weighted by atomic mass is 16.3. The fourth-order valence-electron chi connectivity index (χ4n) is 2.87. The molecule has 0 amide bonds. The van der Waals surface area contributed by atoms with Gasteiger partial charge in [0.25, 0.3) is 0 Å². The Hall–Kier alpha value is -1.13. The molecule has 1 aliphatic rings. The van der Waals surface area contributed by atoms with E-state index >= 15 is 0 Å². The number of rotatable bonds is 5. The van der Waals surface area contributed by atoms with Crippen LogP contribution in [-0.4, -0.2) is 47.7 Å². The van der Waals surface area contributed by atoms with E-state index in [1.807, 2.05) is 12.1 Å². The van der Waals surface area contributed by atoms with E-state index in [1.54, 1.807) is 0 Å². The van der Waals surface area contributed by atoms with Crippen LogP contribution in [0, 0.1) is 0 Å². The second kappa shape index (κ2) is 7.04. The molecule has 0 radical (unpaired) electrons. The number of likely N-dealkylation sites (N-methyl/N-ethyl adjacent to an activating group) is 1. The minimum absolute atomic E-state index is 0.0944. The molecule has 1 aromatic heterocycles. The molecule has 4 heteroatoms. The van der Waals surface area contributed by atoms with Crippen molar-refractivity contribution in [1.82, 2.24) is 9.88 Å². The highest BCUT2D eigenvalue weighted by Crippen LogP contribution is 2.20. The predicted octanol–water partition coefficient (Wildman–Crippen LogP) is 2.06. The maximum Gasteiger partial charge on any atom is 0.129 e. The van der Waals surface area contributed by atoms with E-state index in [2.05, 4.69) is 30.7 Å². The third-order valence-corrected chi connectivity index (χ3v) is 4.19. The summed E-state index contributed by atoms with van der Waals surface area (Å²) < 4.78 is 0. The summed E-state index contributed by atoms with van der Waals surface area (Å²) in [7, 11) is 2.20. The van der Waals surface area contributed by atoms with Gasteiger partial charge in [0, 0.05) is 31.4 Å². The maximum absolute atomic E-state index is 9.44. The lowest BCUT2D eigenvalue weighted by atomic mass is 10.1. The molecule has 20 heavy (non-hydrogen) atoms. The lowest BCUT2D eigenvalue weighted by Crippen LogP contribution is -2.51. The Labute approximate surface area is 122 Å². The lowest BCUT2D eigenvalue weighted by Gasteiger charge is -2.40. The van der Waals surface area contributed by atoms with E-state index in [1.165, 1.54) is 0 Å². The van der Waals surface area contributed by atoms with Crippen molar-refractivity contribution in [3.63, 3.8) is 0 Å². The molecule has 0 bridgehead atoms. The predicted molar refractivity (Wildman–Crippen MR) is 83.1 cm³/mol. The Bertz CT molecular complexity index is 436. The number of aryl methyl sites for hydroxylation is 1. The highest BCUT2D eigenvalue weighted by molar-refractivity contribution is 5.43. The van der Waals surface area contributed by atoms with E-state index in [9.17, 15) is 5.11 Å². The highest BCUT2D eigenvalue weighted by Gasteiger charge is 2.24. The van der Waals surface area contributed by atoms with Crippen LogP contribution in [0.1, 0.15) is 37.9 Å². The number of nitrogens with zero attached hydrogens (tertiary/aromatic N) is 3. The van der Waals surface area contributed by atoms with Crippen molar-refractivity contribution in [2.45, 2.75) is 45.8 Å². The Kier molecular flexibility index (Phi) is 5.38. The summed E-state index contributed by atoms with van der Waals surface area (Å²) in [6.07, 6.45) is 3.22. The lowest BCUT2D eigenvalue weighted by molar-refractivity contribution is 0.213. The summed E-state index contributed by atoms with van der Waals surface area (Å²) in [5, 5.41) is 9.44. The molecule has 112 valence electrons. The Morgan fingerprint density at radius 2 is 2.10 bits per heavy atom. The summed E-state index contributed by atoms with van der Waals surface area (Å²) in [4.78, 5) is 9.58. The number of aromatic nitrogens is 1. The van der Waals surface area contributed by atoms with Gasteiger partial charge in [-0.2, -0.15) is 0 Å². The quantitative estimate of drug-likeness (QED) is 0.894. The molecule has 0 spiro atoms. The zero-order valence-corrected chi connectivity index (χ0v) is 13.0. The number of anilines is 1. The third-order valence-electron chi connectivity index (χ3n) is 4.19. The van der Waals surface area contributed by atoms with Crippen molar-refractivity contribution in [2.24, 2.45) is 0 Å². The molecule has 0 saturated carbocycles. The van der Waals surface area contributed by atoms with Crippen LogP contribution in [0.4, 0.5) is 5.82 Å². The first-order chi connectivity index (χ1) is 9.67. The van der Waals surface area contributed by atoms with Gasteiger partial charge in [0.1, 0.15) is 5.82 Å². The monoisotopic (exact) mass is 277 g/mol. The largest absolute Gasteiger partial charge is 0.392 e. The molecule has 1 N–H and O–H groups in total. The molecule has 1 aliphatic heterocycles. The van der Waals surface area contributed by atoms with Crippen molar-refractivity contribution in [3.8, 4) is 0 Å². The fourth-order valence-corrected chi connectivity index (χ4v) is 2.87. The molecule has 1 aromatic rings. The Balaban J connectivity index is 2.20. The van der Waals surface area contributed by atoms with Gasteiger partial charge in [-0.15, -0.1) is 0 Å². The minimum Gasteiger partial charge on any atom is -0.392 e. The summed E-state index contributed by atoms with van der Waals surface area (Å²) in [6.45, 7) is 7.62. The molecule has 0 aliphatic carbocycles. The molecular weight excluding hydrogens is 250 g/mol. The van der Waals surface area contributed by atoms with Crippen LogP contribution in [0.25, 0.3) is 0 Å². The van der Waals surface area contributed by atoms with Crippen molar-refractivity contribution in [1.29, 1.82) is 0 Å². The smallest absolute Gasteiger partial charge is 0.129 e. The number of aliphatic hydroxyl groups excluding tert-OH is 1. The van der Waals surface area contributed by atoms with Gasteiger partial charge in [-0.1, -0.05) is 20.3 Å². The van der Waals surface area contributed by atoms with Crippen LogP contribution in [0.5, 0.6) is 0 Å². The molecular formula is C16H27N3O. The second-order valence-electron chi connectivity index (χ2n) is 5.72. The van der Waals surface area contributed by atoms with Gasteiger partial charge < -0.3 is 10.0 Å². The molecule has 1 fully saturated rings. The summed E-state index contributed by atoms with van der Waals surface area (Å²) >= 11 is 0. The molecule has 2 rings (SSSR count). The standard InChI is InChI=1S/C16H27N3O/c1-4-6-14-9-13(12-20)10-16(17-14)19-8-7-18(3)15(5-2)11-19/h9-10,15,20H,4-8,11-12H2,1-3H3. The molecule has 2 heterocycles. The zero-order valence-electron chi connectivity index (χ0n) is 13.0. The van der Waals surface area contributed by atoms with Gasteiger partial charge in [-0.25, -0.2) is 4.98 Å². The average Bonchev–Trinajstić information content (AvgIpc) is 2.47. The normalized spacial score (nSPS) is 20.4. The Morgan fingerprint density at radius 3 is 2.75 bits per heavy atom. The summed E-state index contributed by atoms with van der Waals surface area (Å²) in [5.74, 6) is 1.03. The van der Waals surface area contributed by atoms with Crippen molar-refractivity contribution in [3.05, 3.63) is 23.4 Å². The molecule has 1 atom stereocenters. The van der Waals surface area contributed by atoms with Crippen LogP contribution < -0.4 is 4.90 Å². The van der Waals surface area contributed by atoms with Gasteiger partial charge in [-0.3, -0.25) is 4.90 Å². The number of hydrogen-bond acceptors (Lipinski definition) is 4. The van der Waals surface area contributed by atoms with Gasteiger partial charge in [0.05, 0.1) is 6.61 Å². The first-order valence-electron chi connectivity index (χ1n) is 7.73. The van der Waals surface area contributed by atoms with Crippen LogP contribution >= 0.6 is 0 Å². The average molecular weight is 277 g/mol. The van der Waals surface area contributed by atoms with E-state index in [-0.39, 0.29) is 6.61 Å². The van der Waals surface area contributed by atoms with Crippen molar-refractivity contribution >= 4 is 5.82 Å². The van der Waals surface area contributed by atoms with Crippen molar-refractivity contribution < 1.29 is 5.11 Å². The molecule has 4 nitrogen and oxygen atoms in total.